The van der Waals surface area contributed by atoms with Crippen molar-refractivity contribution in [3.05, 3.63) is 61.9 Å². The lowest BCUT2D eigenvalue weighted by molar-refractivity contribution is -0.0918. The fraction of sp³-hybridized carbons (Fsp3) is 0.381. The van der Waals surface area contributed by atoms with Gasteiger partial charge in [0.15, 0.2) is 0 Å². The summed E-state index contributed by atoms with van der Waals surface area (Å²) in [5, 5.41) is 0. The number of allylic oxidation sites excluding steroid dienone is 2. The van der Waals surface area contributed by atoms with Crippen molar-refractivity contribution in [3.63, 3.8) is 0 Å². The SMILES string of the molecule is CC(C)N=C/C(=C(\N)C(F)(F)F)c1ccccc1C1CN(C)Cc2sc(Cl)cc21. The molecule has 1 aromatic heterocycles. The summed E-state index contributed by atoms with van der Waals surface area (Å²) in [6, 6.07) is 8.87. The summed E-state index contributed by atoms with van der Waals surface area (Å²) in [6.45, 7) is 5.06. The van der Waals surface area contributed by atoms with Crippen molar-refractivity contribution in [2.75, 3.05) is 13.6 Å². The minimum absolute atomic E-state index is 0.0992. The Balaban J connectivity index is 2.20. The molecule has 1 atom stereocenters. The van der Waals surface area contributed by atoms with Gasteiger partial charge in [-0.05, 0) is 43.7 Å². The normalized spacial score (nSPS) is 19.0. The molecule has 1 aliphatic heterocycles. The lowest BCUT2D eigenvalue weighted by atomic mass is 9.83. The highest BCUT2D eigenvalue weighted by Gasteiger charge is 2.36. The van der Waals surface area contributed by atoms with Crippen LogP contribution in [0.1, 0.15) is 41.3 Å². The van der Waals surface area contributed by atoms with Crippen molar-refractivity contribution in [1.82, 2.24) is 4.90 Å². The summed E-state index contributed by atoms with van der Waals surface area (Å²) in [6.07, 6.45) is -3.40. The number of nitrogens with zero attached hydrogens (tertiary/aromatic N) is 2. The predicted molar refractivity (Wildman–Crippen MR) is 115 cm³/mol. The minimum atomic E-state index is -4.65. The maximum Gasteiger partial charge on any atom is 0.431 e. The average Bonchev–Trinajstić information content (AvgIpc) is 3.00. The van der Waals surface area contributed by atoms with Gasteiger partial charge in [0.25, 0.3) is 0 Å². The van der Waals surface area contributed by atoms with Crippen LogP contribution in [0.3, 0.4) is 0 Å². The standard InChI is InChI=1S/C21H23ClF3N3S/c1-12(2)27-9-16(20(26)21(23,24)25)13-6-4-5-7-14(13)17-10-28(3)11-18-15(17)8-19(22)29-18/h4-9,12,17H,10-11,26H2,1-3H3/b20-16+,27-9?. The highest BCUT2D eigenvalue weighted by molar-refractivity contribution is 7.16. The van der Waals surface area contributed by atoms with Gasteiger partial charge in [-0.25, -0.2) is 0 Å². The highest BCUT2D eigenvalue weighted by Crippen LogP contribution is 2.42. The first kappa shape index (κ1) is 21.9. The van der Waals surface area contributed by atoms with E-state index < -0.39 is 11.9 Å². The molecule has 1 unspecified atom stereocenters. The molecule has 156 valence electrons. The molecule has 3 rings (SSSR count). The molecule has 0 bridgehead atoms. The van der Waals surface area contributed by atoms with Gasteiger partial charge in [0.2, 0.25) is 0 Å². The third kappa shape index (κ3) is 4.85. The number of fused-ring (bicyclic) bond motifs is 1. The van der Waals surface area contributed by atoms with Crippen LogP contribution in [0, 0.1) is 0 Å². The Labute approximate surface area is 177 Å². The Morgan fingerprint density at radius 2 is 2.00 bits per heavy atom. The average molecular weight is 442 g/mol. The van der Waals surface area contributed by atoms with E-state index in [-0.39, 0.29) is 17.5 Å². The predicted octanol–water partition coefficient (Wildman–Crippen LogP) is 5.69. The van der Waals surface area contributed by atoms with Crippen LogP contribution in [0.2, 0.25) is 4.34 Å². The number of alkyl halides is 3. The fourth-order valence-electron chi connectivity index (χ4n) is 3.52. The maximum absolute atomic E-state index is 13.5. The van der Waals surface area contributed by atoms with Gasteiger partial charge in [0.1, 0.15) is 5.70 Å². The molecule has 0 amide bonds. The third-order valence-corrected chi connectivity index (χ3v) is 6.08. The van der Waals surface area contributed by atoms with E-state index in [9.17, 15) is 13.2 Å². The number of aliphatic imine (C=N–C) groups is 1. The van der Waals surface area contributed by atoms with Gasteiger partial charge < -0.3 is 10.6 Å². The molecule has 0 spiro atoms. The molecule has 0 aliphatic carbocycles. The van der Waals surface area contributed by atoms with Crippen molar-refractivity contribution in [3.8, 4) is 0 Å². The first-order chi connectivity index (χ1) is 13.6. The number of hydrogen-bond donors (Lipinski definition) is 1. The zero-order valence-corrected chi connectivity index (χ0v) is 18.0. The van der Waals surface area contributed by atoms with E-state index >= 15 is 0 Å². The van der Waals surface area contributed by atoms with Crippen molar-refractivity contribution in [2.45, 2.75) is 38.5 Å². The van der Waals surface area contributed by atoms with E-state index in [0.29, 0.717) is 16.4 Å². The lowest BCUT2D eigenvalue weighted by Gasteiger charge is -2.31. The van der Waals surface area contributed by atoms with Crippen molar-refractivity contribution in [1.29, 1.82) is 0 Å². The van der Waals surface area contributed by atoms with Gasteiger partial charge in [-0.3, -0.25) is 4.99 Å². The second kappa shape index (κ2) is 8.50. The summed E-state index contributed by atoms with van der Waals surface area (Å²) in [5.74, 6) is -0.104. The maximum atomic E-state index is 13.5. The van der Waals surface area contributed by atoms with Gasteiger partial charge in [-0.1, -0.05) is 35.9 Å². The van der Waals surface area contributed by atoms with Gasteiger partial charge in [0.05, 0.1) is 4.34 Å². The molecule has 2 aromatic rings. The summed E-state index contributed by atoms with van der Waals surface area (Å²) >= 11 is 7.76. The molecule has 2 N–H and O–H groups in total. The number of likely N-dealkylation sites (N-methyl/N-ethyl adjacent to an activating group) is 1. The Bertz CT molecular complexity index is 947. The number of hydrogen-bond acceptors (Lipinski definition) is 4. The van der Waals surface area contributed by atoms with E-state index in [1.807, 2.05) is 25.2 Å². The molecular weight excluding hydrogens is 419 g/mol. The Morgan fingerprint density at radius 1 is 1.31 bits per heavy atom. The second-order valence-electron chi connectivity index (χ2n) is 7.46. The van der Waals surface area contributed by atoms with E-state index in [1.54, 1.807) is 26.0 Å². The van der Waals surface area contributed by atoms with Crippen LogP contribution in [0.15, 0.2) is 41.0 Å². The first-order valence-corrected chi connectivity index (χ1v) is 10.4. The lowest BCUT2D eigenvalue weighted by Crippen LogP contribution is -2.30. The molecular formula is C21H23ClF3N3S. The molecule has 2 heterocycles. The molecule has 0 fully saturated rings. The summed E-state index contributed by atoms with van der Waals surface area (Å²) in [5.41, 5.74) is 6.63. The third-order valence-electron chi connectivity index (χ3n) is 4.82. The molecule has 29 heavy (non-hydrogen) atoms. The van der Waals surface area contributed by atoms with Crippen molar-refractivity contribution in [2.24, 2.45) is 10.7 Å². The van der Waals surface area contributed by atoms with E-state index in [1.165, 1.54) is 17.6 Å². The smallest absolute Gasteiger partial charge is 0.394 e. The van der Waals surface area contributed by atoms with E-state index in [2.05, 4.69) is 9.89 Å². The number of halogens is 4. The zero-order valence-electron chi connectivity index (χ0n) is 16.4. The van der Waals surface area contributed by atoms with Crippen LogP contribution < -0.4 is 5.73 Å². The van der Waals surface area contributed by atoms with Crippen LogP contribution in [0.4, 0.5) is 13.2 Å². The summed E-state index contributed by atoms with van der Waals surface area (Å²) < 4.78 is 41.2. The van der Waals surface area contributed by atoms with Gasteiger partial charge in [-0.15, -0.1) is 11.3 Å². The van der Waals surface area contributed by atoms with E-state index in [4.69, 9.17) is 17.3 Å². The van der Waals surface area contributed by atoms with Crippen molar-refractivity contribution < 1.29 is 13.2 Å². The molecule has 1 aromatic carbocycles. The van der Waals surface area contributed by atoms with Crippen molar-refractivity contribution >= 4 is 34.7 Å². The first-order valence-electron chi connectivity index (χ1n) is 9.24. The fourth-order valence-corrected chi connectivity index (χ4v) is 4.94. The second-order valence-corrected chi connectivity index (χ2v) is 9.23. The highest BCUT2D eigenvalue weighted by atomic mass is 35.5. The van der Waals surface area contributed by atoms with E-state index in [0.717, 1.165) is 22.5 Å². The minimum Gasteiger partial charge on any atom is -0.394 e. The zero-order chi connectivity index (χ0) is 21.3. The molecule has 3 nitrogen and oxygen atoms in total. The van der Waals surface area contributed by atoms with Gasteiger partial charge in [-0.2, -0.15) is 13.2 Å². The Kier molecular flexibility index (Phi) is 6.41. The van der Waals surface area contributed by atoms with Crippen LogP contribution in [-0.4, -0.2) is 36.9 Å². The molecule has 0 radical (unpaired) electrons. The Hall–Kier alpha value is -1.83. The quantitative estimate of drug-likeness (QED) is 0.619. The van der Waals surface area contributed by atoms with Crippen LogP contribution >= 0.6 is 22.9 Å². The van der Waals surface area contributed by atoms with Crippen LogP contribution in [-0.2, 0) is 6.54 Å². The molecule has 0 saturated carbocycles. The van der Waals surface area contributed by atoms with Crippen LogP contribution in [0.5, 0.6) is 0 Å². The number of thiophene rings is 1. The van der Waals surface area contributed by atoms with Crippen LogP contribution in [0.25, 0.3) is 5.57 Å². The van der Waals surface area contributed by atoms with Gasteiger partial charge in [0, 0.05) is 41.7 Å². The number of rotatable bonds is 4. The number of nitrogens with two attached hydrogens (primary N) is 1. The summed E-state index contributed by atoms with van der Waals surface area (Å²) in [7, 11) is 1.99. The molecule has 8 heteroatoms. The number of benzene rings is 1. The molecule has 1 aliphatic rings. The Morgan fingerprint density at radius 3 is 2.66 bits per heavy atom. The monoisotopic (exact) mass is 441 g/mol. The largest absolute Gasteiger partial charge is 0.431 e. The summed E-state index contributed by atoms with van der Waals surface area (Å²) in [4.78, 5) is 7.47. The molecule has 0 saturated heterocycles. The van der Waals surface area contributed by atoms with Gasteiger partial charge >= 0.3 is 6.18 Å². The topological polar surface area (TPSA) is 41.6 Å².